The standard InChI is InChI=1S/C21H21F3N4OS/c1-12-3-8-16(10-17(12)21(22,23)24)19-27-28-20(30-19)18(26-13(2)29)9-14-4-6-15(11-25)7-5-14/h3-8,10,18H,9,11,25H2,1-2H3,(H,26,29). The van der Waals surface area contributed by atoms with Crippen LogP contribution in [0.4, 0.5) is 13.2 Å². The maximum absolute atomic E-state index is 13.2. The Morgan fingerprint density at radius 1 is 1.13 bits per heavy atom. The van der Waals surface area contributed by atoms with E-state index in [2.05, 4.69) is 15.5 Å². The van der Waals surface area contributed by atoms with Crippen LogP contribution < -0.4 is 11.1 Å². The molecule has 0 saturated carbocycles. The largest absolute Gasteiger partial charge is 0.416 e. The summed E-state index contributed by atoms with van der Waals surface area (Å²) in [5.74, 6) is -0.231. The van der Waals surface area contributed by atoms with E-state index in [1.807, 2.05) is 24.3 Å². The average molecular weight is 434 g/mol. The highest BCUT2D eigenvalue weighted by atomic mass is 32.1. The number of aryl methyl sites for hydroxylation is 1. The van der Waals surface area contributed by atoms with Gasteiger partial charge in [0, 0.05) is 19.0 Å². The van der Waals surface area contributed by atoms with Gasteiger partial charge in [-0.1, -0.05) is 47.7 Å². The molecule has 30 heavy (non-hydrogen) atoms. The van der Waals surface area contributed by atoms with E-state index in [1.165, 1.54) is 19.9 Å². The van der Waals surface area contributed by atoms with Crippen LogP contribution in [0.5, 0.6) is 0 Å². The zero-order valence-corrected chi connectivity index (χ0v) is 17.3. The number of alkyl halides is 3. The molecule has 3 aromatic rings. The van der Waals surface area contributed by atoms with Crippen molar-refractivity contribution in [2.45, 2.75) is 39.0 Å². The Hall–Kier alpha value is -2.78. The van der Waals surface area contributed by atoms with Crippen molar-refractivity contribution in [1.29, 1.82) is 0 Å². The highest BCUT2D eigenvalue weighted by molar-refractivity contribution is 7.14. The van der Waals surface area contributed by atoms with Crippen molar-refractivity contribution in [3.8, 4) is 10.6 Å². The van der Waals surface area contributed by atoms with E-state index >= 15 is 0 Å². The van der Waals surface area contributed by atoms with E-state index in [0.717, 1.165) is 28.5 Å². The molecule has 0 fully saturated rings. The van der Waals surface area contributed by atoms with Gasteiger partial charge in [0.1, 0.15) is 10.0 Å². The molecular formula is C21H21F3N4OS. The summed E-state index contributed by atoms with van der Waals surface area (Å²) in [6.45, 7) is 3.26. The molecule has 1 heterocycles. The lowest BCUT2D eigenvalue weighted by atomic mass is 10.0. The van der Waals surface area contributed by atoms with Gasteiger partial charge in [-0.2, -0.15) is 13.2 Å². The lowest BCUT2D eigenvalue weighted by molar-refractivity contribution is -0.138. The molecule has 9 heteroatoms. The minimum absolute atomic E-state index is 0.146. The number of aromatic nitrogens is 2. The average Bonchev–Trinajstić information content (AvgIpc) is 3.17. The van der Waals surface area contributed by atoms with Crippen molar-refractivity contribution in [3.05, 3.63) is 69.7 Å². The van der Waals surface area contributed by atoms with Crippen molar-refractivity contribution in [2.75, 3.05) is 0 Å². The van der Waals surface area contributed by atoms with Crippen LogP contribution in [0.1, 0.15) is 40.2 Å². The molecule has 0 aliphatic rings. The van der Waals surface area contributed by atoms with Gasteiger partial charge < -0.3 is 11.1 Å². The Morgan fingerprint density at radius 2 is 1.80 bits per heavy atom. The van der Waals surface area contributed by atoms with Crippen LogP contribution in [0.2, 0.25) is 0 Å². The molecule has 2 aromatic carbocycles. The summed E-state index contributed by atoms with van der Waals surface area (Å²) in [5.41, 5.74) is 7.37. The summed E-state index contributed by atoms with van der Waals surface area (Å²) < 4.78 is 39.7. The first-order valence-corrected chi connectivity index (χ1v) is 10.1. The Kier molecular flexibility index (Phi) is 6.52. The Morgan fingerprint density at radius 3 is 2.40 bits per heavy atom. The van der Waals surface area contributed by atoms with Gasteiger partial charge in [0.2, 0.25) is 5.91 Å². The fourth-order valence-electron chi connectivity index (χ4n) is 3.05. The van der Waals surface area contributed by atoms with Crippen LogP contribution in [-0.2, 0) is 23.9 Å². The third kappa shape index (κ3) is 5.22. The molecule has 0 aliphatic carbocycles. The van der Waals surface area contributed by atoms with Gasteiger partial charge in [0.25, 0.3) is 0 Å². The molecule has 5 nitrogen and oxygen atoms in total. The molecule has 0 radical (unpaired) electrons. The van der Waals surface area contributed by atoms with Crippen LogP contribution in [0, 0.1) is 6.92 Å². The number of carbonyl (C=O) groups is 1. The highest BCUT2D eigenvalue weighted by Crippen LogP contribution is 2.36. The van der Waals surface area contributed by atoms with Gasteiger partial charge >= 0.3 is 6.18 Å². The topological polar surface area (TPSA) is 80.9 Å². The SMILES string of the molecule is CC(=O)NC(Cc1ccc(CN)cc1)c1nnc(-c2ccc(C)c(C(F)(F)F)c2)s1. The lowest BCUT2D eigenvalue weighted by Crippen LogP contribution is -2.27. The second-order valence-electron chi connectivity index (χ2n) is 6.95. The molecule has 0 aliphatic heterocycles. The first-order chi connectivity index (χ1) is 14.2. The van der Waals surface area contributed by atoms with Crippen LogP contribution in [0.15, 0.2) is 42.5 Å². The number of halogens is 3. The van der Waals surface area contributed by atoms with Gasteiger partial charge in [-0.05, 0) is 36.1 Å². The van der Waals surface area contributed by atoms with Crippen molar-refractivity contribution in [2.24, 2.45) is 5.73 Å². The number of nitrogens with one attached hydrogen (secondary N) is 1. The number of nitrogens with zero attached hydrogens (tertiary/aromatic N) is 2. The summed E-state index contributed by atoms with van der Waals surface area (Å²) in [6.07, 6.45) is -3.97. The zero-order chi connectivity index (χ0) is 21.9. The van der Waals surface area contributed by atoms with E-state index in [1.54, 1.807) is 6.07 Å². The number of hydrogen-bond donors (Lipinski definition) is 2. The number of carbonyl (C=O) groups excluding carboxylic acids is 1. The van der Waals surface area contributed by atoms with Crippen molar-refractivity contribution >= 4 is 17.2 Å². The van der Waals surface area contributed by atoms with Crippen molar-refractivity contribution in [1.82, 2.24) is 15.5 Å². The van der Waals surface area contributed by atoms with Crippen LogP contribution in [0.25, 0.3) is 10.6 Å². The monoisotopic (exact) mass is 434 g/mol. The molecule has 1 unspecified atom stereocenters. The summed E-state index contributed by atoms with van der Waals surface area (Å²) in [6, 6.07) is 11.3. The quantitative estimate of drug-likeness (QED) is 0.602. The maximum atomic E-state index is 13.2. The fraction of sp³-hybridized carbons (Fsp3) is 0.286. The van der Waals surface area contributed by atoms with Crippen molar-refractivity contribution in [3.63, 3.8) is 0 Å². The molecule has 158 valence electrons. The molecule has 0 spiro atoms. The Labute approximate surface area is 176 Å². The minimum atomic E-state index is -4.44. The zero-order valence-electron chi connectivity index (χ0n) is 16.5. The number of nitrogens with two attached hydrogens (primary N) is 1. The molecule has 1 amide bonds. The molecule has 1 atom stereocenters. The normalized spacial score (nSPS) is 12.6. The van der Waals surface area contributed by atoms with Crippen LogP contribution >= 0.6 is 11.3 Å². The van der Waals surface area contributed by atoms with Gasteiger partial charge in [0.05, 0.1) is 11.6 Å². The third-order valence-electron chi connectivity index (χ3n) is 4.60. The summed E-state index contributed by atoms with van der Waals surface area (Å²) >= 11 is 1.16. The molecule has 1 aromatic heterocycles. The van der Waals surface area contributed by atoms with Gasteiger partial charge in [0.15, 0.2) is 0 Å². The summed E-state index contributed by atoms with van der Waals surface area (Å²) in [7, 11) is 0. The lowest BCUT2D eigenvalue weighted by Gasteiger charge is -2.15. The molecular weight excluding hydrogens is 413 g/mol. The first-order valence-electron chi connectivity index (χ1n) is 9.24. The molecule has 0 bridgehead atoms. The van der Waals surface area contributed by atoms with Crippen LogP contribution in [0.3, 0.4) is 0 Å². The summed E-state index contributed by atoms with van der Waals surface area (Å²) in [4.78, 5) is 11.7. The van der Waals surface area contributed by atoms with E-state index in [0.29, 0.717) is 28.5 Å². The maximum Gasteiger partial charge on any atom is 0.416 e. The first kappa shape index (κ1) is 21.9. The highest BCUT2D eigenvalue weighted by Gasteiger charge is 2.33. The third-order valence-corrected chi connectivity index (χ3v) is 5.69. The second kappa shape index (κ2) is 8.93. The minimum Gasteiger partial charge on any atom is -0.347 e. The van der Waals surface area contributed by atoms with Gasteiger partial charge in [-0.15, -0.1) is 10.2 Å². The molecule has 0 saturated heterocycles. The van der Waals surface area contributed by atoms with E-state index < -0.39 is 17.8 Å². The van der Waals surface area contributed by atoms with Gasteiger partial charge in [-0.3, -0.25) is 4.79 Å². The number of benzene rings is 2. The van der Waals surface area contributed by atoms with Crippen LogP contribution in [-0.4, -0.2) is 16.1 Å². The predicted octanol–water partition coefficient (Wildman–Crippen LogP) is 4.41. The molecule has 3 rings (SSSR count). The fourth-order valence-corrected chi connectivity index (χ4v) is 3.94. The predicted molar refractivity (Wildman–Crippen MR) is 110 cm³/mol. The summed E-state index contributed by atoms with van der Waals surface area (Å²) in [5, 5.41) is 11.9. The van der Waals surface area contributed by atoms with E-state index in [4.69, 9.17) is 5.73 Å². The van der Waals surface area contributed by atoms with Crippen molar-refractivity contribution < 1.29 is 18.0 Å². The van der Waals surface area contributed by atoms with E-state index in [-0.39, 0.29) is 11.5 Å². The Bertz CT molecular complexity index is 1030. The number of rotatable bonds is 6. The molecule has 3 N–H and O–H groups in total. The second-order valence-corrected chi connectivity index (χ2v) is 7.96. The smallest absolute Gasteiger partial charge is 0.347 e. The van der Waals surface area contributed by atoms with Gasteiger partial charge in [-0.25, -0.2) is 0 Å². The number of amides is 1. The Balaban J connectivity index is 1.89. The number of hydrogen-bond acceptors (Lipinski definition) is 5. The van der Waals surface area contributed by atoms with E-state index in [9.17, 15) is 18.0 Å².